The Morgan fingerprint density at radius 2 is 1.88 bits per heavy atom. The van der Waals surface area contributed by atoms with Crippen LogP contribution in [0.1, 0.15) is 30.0 Å². The number of ether oxygens (including phenoxy) is 2. The zero-order valence-electron chi connectivity index (χ0n) is 14.9. The van der Waals surface area contributed by atoms with Gasteiger partial charge in [-0.25, -0.2) is 4.79 Å². The van der Waals surface area contributed by atoms with E-state index in [9.17, 15) is 4.79 Å². The Labute approximate surface area is 148 Å². The molecule has 2 aromatic carbocycles. The average Bonchev–Trinajstić information content (AvgIpc) is 3.11. The first-order valence-corrected chi connectivity index (χ1v) is 8.49. The van der Waals surface area contributed by atoms with Crippen LogP contribution in [0.25, 0.3) is 0 Å². The summed E-state index contributed by atoms with van der Waals surface area (Å²) in [6, 6.07) is 13.7. The molecule has 1 fully saturated rings. The van der Waals surface area contributed by atoms with Gasteiger partial charge in [0.05, 0.1) is 20.3 Å². The quantitative estimate of drug-likeness (QED) is 0.898. The number of aryl methyl sites for hydroxylation is 1. The van der Waals surface area contributed by atoms with Crippen LogP contribution in [-0.4, -0.2) is 31.7 Å². The second-order valence-corrected chi connectivity index (χ2v) is 6.21. The Balaban J connectivity index is 1.77. The third-order valence-electron chi connectivity index (χ3n) is 4.70. The number of likely N-dealkylation sites (tertiary alicyclic amines) is 1. The minimum atomic E-state index is -0.0852. The lowest BCUT2D eigenvalue weighted by Crippen LogP contribution is -2.34. The maximum absolute atomic E-state index is 12.8. The molecule has 1 atom stereocenters. The number of rotatable bonds is 4. The highest BCUT2D eigenvalue weighted by Gasteiger charge is 2.30. The van der Waals surface area contributed by atoms with Crippen LogP contribution in [-0.2, 0) is 0 Å². The van der Waals surface area contributed by atoms with Crippen molar-refractivity contribution in [2.75, 3.05) is 26.1 Å². The van der Waals surface area contributed by atoms with E-state index >= 15 is 0 Å². The lowest BCUT2D eigenvalue weighted by Gasteiger charge is -2.26. The van der Waals surface area contributed by atoms with Gasteiger partial charge in [-0.2, -0.15) is 0 Å². The van der Waals surface area contributed by atoms with Crippen molar-refractivity contribution in [3.05, 3.63) is 53.6 Å². The fourth-order valence-electron chi connectivity index (χ4n) is 3.40. The number of anilines is 1. The van der Waals surface area contributed by atoms with E-state index in [1.165, 1.54) is 11.1 Å². The molecule has 3 rings (SSSR count). The van der Waals surface area contributed by atoms with Gasteiger partial charge in [0.2, 0.25) is 0 Å². The molecule has 2 amide bonds. The molecule has 25 heavy (non-hydrogen) atoms. The van der Waals surface area contributed by atoms with Crippen molar-refractivity contribution in [1.29, 1.82) is 0 Å². The summed E-state index contributed by atoms with van der Waals surface area (Å²) in [6.45, 7) is 2.86. The van der Waals surface area contributed by atoms with Crippen LogP contribution in [0.3, 0.4) is 0 Å². The molecule has 0 aliphatic carbocycles. The maximum Gasteiger partial charge on any atom is 0.322 e. The smallest absolute Gasteiger partial charge is 0.322 e. The summed E-state index contributed by atoms with van der Waals surface area (Å²) >= 11 is 0. The van der Waals surface area contributed by atoms with Gasteiger partial charge in [-0.15, -0.1) is 0 Å². The number of nitrogens with zero attached hydrogens (tertiary/aromatic N) is 1. The van der Waals surface area contributed by atoms with Crippen molar-refractivity contribution in [2.24, 2.45) is 0 Å². The molecular weight excluding hydrogens is 316 g/mol. The van der Waals surface area contributed by atoms with Crippen LogP contribution in [0.15, 0.2) is 42.5 Å². The van der Waals surface area contributed by atoms with Crippen molar-refractivity contribution < 1.29 is 14.3 Å². The largest absolute Gasteiger partial charge is 0.493 e. The SMILES string of the molecule is COc1ccc(NC(=O)N2CCC[C@H]2c2ccccc2C)cc1OC. The maximum atomic E-state index is 12.8. The highest BCUT2D eigenvalue weighted by molar-refractivity contribution is 5.90. The second-order valence-electron chi connectivity index (χ2n) is 6.21. The summed E-state index contributed by atoms with van der Waals surface area (Å²) in [5.41, 5.74) is 3.14. The standard InChI is InChI=1S/C20H24N2O3/c1-14-7-4-5-8-16(14)17-9-6-12-22(17)20(23)21-15-10-11-18(24-2)19(13-15)25-3/h4-5,7-8,10-11,13,17H,6,9,12H2,1-3H3,(H,21,23)/t17-/m0/s1. The Bertz CT molecular complexity index is 760. The molecule has 1 aliphatic heterocycles. The van der Waals surface area contributed by atoms with Crippen molar-refractivity contribution >= 4 is 11.7 Å². The summed E-state index contributed by atoms with van der Waals surface area (Å²) in [4.78, 5) is 14.7. The van der Waals surface area contributed by atoms with Gasteiger partial charge in [-0.05, 0) is 43.0 Å². The summed E-state index contributed by atoms with van der Waals surface area (Å²) < 4.78 is 10.5. The number of benzene rings is 2. The molecular formula is C20H24N2O3. The molecule has 0 saturated carbocycles. The average molecular weight is 340 g/mol. The number of carbonyl (C=O) groups excluding carboxylic acids is 1. The molecule has 0 spiro atoms. The van der Waals surface area contributed by atoms with Crippen LogP contribution in [0.4, 0.5) is 10.5 Å². The van der Waals surface area contributed by atoms with Crippen LogP contribution < -0.4 is 14.8 Å². The number of methoxy groups -OCH3 is 2. The van der Waals surface area contributed by atoms with Gasteiger partial charge in [0.1, 0.15) is 0 Å². The zero-order chi connectivity index (χ0) is 17.8. The number of hydrogen-bond acceptors (Lipinski definition) is 3. The predicted molar refractivity (Wildman–Crippen MR) is 98.4 cm³/mol. The fourth-order valence-corrected chi connectivity index (χ4v) is 3.40. The highest BCUT2D eigenvalue weighted by Crippen LogP contribution is 2.35. The van der Waals surface area contributed by atoms with Crippen molar-refractivity contribution in [3.8, 4) is 11.5 Å². The summed E-state index contributed by atoms with van der Waals surface area (Å²) in [5.74, 6) is 1.23. The van der Waals surface area contributed by atoms with Crippen LogP contribution in [0.2, 0.25) is 0 Å². The van der Waals surface area contributed by atoms with E-state index in [2.05, 4.69) is 24.4 Å². The van der Waals surface area contributed by atoms with E-state index in [0.717, 1.165) is 19.4 Å². The first kappa shape index (κ1) is 17.1. The number of amides is 2. The minimum Gasteiger partial charge on any atom is -0.493 e. The van der Waals surface area contributed by atoms with Gasteiger partial charge in [0.25, 0.3) is 0 Å². The molecule has 0 bridgehead atoms. The normalized spacial score (nSPS) is 16.6. The molecule has 0 aromatic heterocycles. The van der Waals surface area contributed by atoms with E-state index in [0.29, 0.717) is 17.2 Å². The molecule has 1 aliphatic rings. The highest BCUT2D eigenvalue weighted by atomic mass is 16.5. The first-order chi connectivity index (χ1) is 12.1. The molecule has 1 saturated heterocycles. The third kappa shape index (κ3) is 3.55. The van der Waals surface area contributed by atoms with Gasteiger partial charge in [0, 0.05) is 18.3 Å². The van der Waals surface area contributed by atoms with Gasteiger partial charge in [-0.1, -0.05) is 24.3 Å². The lowest BCUT2D eigenvalue weighted by molar-refractivity contribution is 0.207. The number of nitrogens with one attached hydrogen (secondary N) is 1. The van der Waals surface area contributed by atoms with E-state index in [1.54, 1.807) is 26.4 Å². The fraction of sp³-hybridized carbons (Fsp3) is 0.350. The molecule has 2 aromatic rings. The molecule has 132 valence electrons. The van der Waals surface area contributed by atoms with E-state index in [4.69, 9.17) is 9.47 Å². The summed E-state index contributed by atoms with van der Waals surface area (Å²) in [6.07, 6.45) is 2.00. The molecule has 0 unspecified atom stereocenters. The Hall–Kier alpha value is -2.69. The number of carbonyl (C=O) groups is 1. The van der Waals surface area contributed by atoms with Gasteiger partial charge in [0.15, 0.2) is 11.5 Å². The summed E-state index contributed by atoms with van der Waals surface area (Å²) in [7, 11) is 3.17. The van der Waals surface area contributed by atoms with E-state index < -0.39 is 0 Å². The molecule has 5 heteroatoms. The predicted octanol–water partition coefficient (Wildman–Crippen LogP) is 4.38. The van der Waals surface area contributed by atoms with Gasteiger partial charge in [-0.3, -0.25) is 0 Å². The molecule has 1 N–H and O–H groups in total. The van der Waals surface area contributed by atoms with E-state index in [-0.39, 0.29) is 12.1 Å². The topological polar surface area (TPSA) is 50.8 Å². The third-order valence-corrected chi connectivity index (χ3v) is 4.70. The van der Waals surface area contributed by atoms with Crippen molar-refractivity contribution in [1.82, 2.24) is 4.90 Å². The van der Waals surface area contributed by atoms with Gasteiger partial charge < -0.3 is 19.7 Å². The van der Waals surface area contributed by atoms with E-state index in [1.807, 2.05) is 23.1 Å². The Morgan fingerprint density at radius 3 is 2.60 bits per heavy atom. The zero-order valence-corrected chi connectivity index (χ0v) is 14.9. The Kier molecular flexibility index (Phi) is 5.12. The van der Waals surface area contributed by atoms with Crippen LogP contribution >= 0.6 is 0 Å². The summed E-state index contributed by atoms with van der Waals surface area (Å²) in [5, 5.41) is 2.98. The second kappa shape index (κ2) is 7.47. The number of urea groups is 1. The van der Waals surface area contributed by atoms with Crippen molar-refractivity contribution in [2.45, 2.75) is 25.8 Å². The first-order valence-electron chi connectivity index (χ1n) is 8.49. The number of hydrogen-bond donors (Lipinski definition) is 1. The minimum absolute atomic E-state index is 0.0852. The Morgan fingerprint density at radius 1 is 1.12 bits per heavy atom. The lowest BCUT2D eigenvalue weighted by atomic mass is 9.99. The monoisotopic (exact) mass is 340 g/mol. The molecule has 1 heterocycles. The van der Waals surface area contributed by atoms with Crippen molar-refractivity contribution in [3.63, 3.8) is 0 Å². The van der Waals surface area contributed by atoms with Gasteiger partial charge >= 0.3 is 6.03 Å². The molecule has 0 radical (unpaired) electrons. The van der Waals surface area contributed by atoms with Crippen LogP contribution in [0, 0.1) is 6.92 Å². The molecule has 5 nitrogen and oxygen atoms in total. The van der Waals surface area contributed by atoms with Crippen LogP contribution in [0.5, 0.6) is 11.5 Å².